The SMILES string of the molecule is COc1cc(CNC(C)C)c(Cl)cc1OCc1ccccc1F. The average Bonchev–Trinajstić information content (AvgIpc) is 2.53. The van der Waals surface area contributed by atoms with Gasteiger partial charge < -0.3 is 14.8 Å². The molecule has 2 aromatic carbocycles. The molecule has 2 aromatic rings. The van der Waals surface area contributed by atoms with Crippen LogP contribution >= 0.6 is 11.6 Å². The van der Waals surface area contributed by atoms with Crippen molar-refractivity contribution >= 4 is 11.6 Å². The molecule has 0 bridgehead atoms. The Hall–Kier alpha value is -1.78. The van der Waals surface area contributed by atoms with E-state index in [1.165, 1.54) is 6.07 Å². The summed E-state index contributed by atoms with van der Waals surface area (Å²) in [6.45, 7) is 4.89. The Morgan fingerprint density at radius 3 is 2.52 bits per heavy atom. The molecule has 0 unspecified atom stereocenters. The summed E-state index contributed by atoms with van der Waals surface area (Å²) < 4.78 is 24.7. The normalized spacial score (nSPS) is 10.9. The van der Waals surface area contributed by atoms with Crippen molar-refractivity contribution in [1.29, 1.82) is 0 Å². The number of halogens is 2. The molecule has 0 fully saturated rings. The summed E-state index contributed by atoms with van der Waals surface area (Å²) in [4.78, 5) is 0. The van der Waals surface area contributed by atoms with E-state index in [0.717, 1.165) is 5.56 Å². The van der Waals surface area contributed by atoms with Gasteiger partial charge in [0.25, 0.3) is 0 Å². The first-order chi connectivity index (χ1) is 11.0. The van der Waals surface area contributed by atoms with E-state index in [4.69, 9.17) is 21.1 Å². The Labute approximate surface area is 141 Å². The summed E-state index contributed by atoms with van der Waals surface area (Å²) in [5.41, 5.74) is 1.41. The summed E-state index contributed by atoms with van der Waals surface area (Å²) >= 11 is 6.31. The lowest BCUT2D eigenvalue weighted by Crippen LogP contribution is -2.22. The highest BCUT2D eigenvalue weighted by atomic mass is 35.5. The summed E-state index contributed by atoms with van der Waals surface area (Å²) in [5.74, 6) is 0.774. The summed E-state index contributed by atoms with van der Waals surface area (Å²) in [7, 11) is 1.57. The third-order valence-corrected chi connectivity index (χ3v) is 3.73. The topological polar surface area (TPSA) is 30.5 Å². The highest BCUT2D eigenvalue weighted by Crippen LogP contribution is 2.34. The second-order valence-corrected chi connectivity index (χ2v) is 5.92. The van der Waals surface area contributed by atoms with Gasteiger partial charge >= 0.3 is 0 Å². The van der Waals surface area contributed by atoms with E-state index in [9.17, 15) is 4.39 Å². The Morgan fingerprint density at radius 2 is 1.87 bits per heavy atom. The van der Waals surface area contributed by atoms with Crippen LogP contribution in [-0.4, -0.2) is 13.2 Å². The van der Waals surface area contributed by atoms with Crippen LogP contribution in [-0.2, 0) is 13.2 Å². The molecule has 0 saturated carbocycles. The molecule has 0 radical (unpaired) electrons. The smallest absolute Gasteiger partial charge is 0.163 e. The number of nitrogens with one attached hydrogen (secondary N) is 1. The molecule has 5 heteroatoms. The highest BCUT2D eigenvalue weighted by Gasteiger charge is 2.12. The lowest BCUT2D eigenvalue weighted by atomic mass is 10.2. The minimum absolute atomic E-state index is 0.114. The van der Waals surface area contributed by atoms with Crippen LogP contribution < -0.4 is 14.8 Å². The number of hydrogen-bond acceptors (Lipinski definition) is 3. The molecule has 0 aliphatic rings. The Kier molecular flexibility index (Phi) is 6.25. The fraction of sp³-hybridized carbons (Fsp3) is 0.333. The molecule has 124 valence electrons. The number of methoxy groups -OCH3 is 1. The van der Waals surface area contributed by atoms with Gasteiger partial charge in [0, 0.05) is 29.2 Å². The van der Waals surface area contributed by atoms with Crippen molar-refractivity contribution in [1.82, 2.24) is 5.32 Å². The van der Waals surface area contributed by atoms with E-state index in [0.29, 0.717) is 34.7 Å². The molecular weight excluding hydrogens is 317 g/mol. The minimum atomic E-state index is -0.296. The van der Waals surface area contributed by atoms with E-state index >= 15 is 0 Å². The van der Waals surface area contributed by atoms with Crippen molar-refractivity contribution in [3.05, 3.63) is 58.4 Å². The summed E-state index contributed by atoms with van der Waals surface area (Å²) in [6, 6.07) is 10.4. The molecule has 1 N–H and O–H groups in total. The second kappa shape index (κ2) is 8.18. The fourth-order valence-electron chi connectivity index (χ4n) is 2.07. The Balaban J connectivity index is 2.15. The maximum atomic E-state index is 13.6. The first-order valence-electron chi connectivity index (χ1n) is 7.47. The van der Waals surface area contributed by atoms with Crippen molar-refractivity contribution < 1.29 is 13.9 Å². The quantitative estimate of drug-likeness (QED) is 0.803. The molecule has 0 saturated heterocycles. The largest absolute Gasteiger partial charge is 0.493 e. The Bertz CT molecular complexity index is 661. The highest BCUT2D eigenvalue weighted by molar-refractivity contribution is 6.31. The van der Waals surface area contributed by atoms with Crippen molar-refractivity contribution in [3.8, 4) is 11.5 Å². The number of rotatable bonds is 7. The van der Waals surface area contributed by atoms with Gasteiger partial charge in [-0.05, 0) is 17.7 Å². The van der Waals surface area contributed by atoms with Crippen LogP contribution in [0, 0.1) is 5.82 Å². The van der Waals surface area contributed by atoms with Crippen LogP contribution in [0.15, 0.2) is 36.4 Å². The molecule has 23 heavy (non-hydrogen) atoms. The van der Waals surface area contributed by atoms with E-state index in [1.54, 1.807) is 31.4 Å². The molecule has 0 aliphatic carbocycles. The number of ether oxygens (including phenoxy) is 2. The molecule has 0 spiro atoms. The maximum Gasteiger partial charge on any atom is 0.163 e. The standard InChI is InChI=1S/C18H21ClFNO2/c1-12(2)21-10-14-8-17(22-3)18(9-15(14)19)23-11-13-6-4-5-7-16(13)20/h4-9,12,21H,10-11H2,1-3H3. The summed E-state index contributed by atoms with van der Waals surface area (Å²) in [6.07, 6.45) is 0. The molecular formula is C18H21ClFNO2. The molecule has 0 amide bonds. The van der Waals surface area contributed by atoms with Crippen molar-refractivity contribution in [2.75, 3.05) is 7.11 Å². The van der Waals surface area contributed by atoms with Gasteiger partial charge in [-0.3, -0.25) is 0 Å². The van der Waals surface area contributed by atoms with Gasteiger partial charge in [0.05, 0.1) is 7.11 Å². The van der Waals surface area contributed by atoms with Gasteiger partial charge in [-0.1, -0.05) is 43.6 Å². The zero-order chi connectivity index (χ0) is 16.8. The number of benzene rings is 2. The van der Waals surface area contributed by atoms with Gasteiger partial charge in [-0.15, -0.1) is 0 Å². The predicted octanol–water partition coefficient (Wildman–Crippen LogP) is 4.56. The molecule has 3 nitrogen and oxygen atoms in total. The lowest BCUT2D eigenvalue weighted by molar-refractivity contribution is 0.279. The minimum Gasteiger partial charge on any atom is -0.493 e. The molecule has 0 aliphatic heterocycles. The van der Waals surface area contributed by atoms with Crippen LogP contribution in [0.1, 0.15) is 25.0 Å². The lowest BCUT2D eigenvalue weighted by Gasteiger charge is -2.15. The van der Waals surface area contributed by atoms with Crippen LogP contribution in [0.25, 0.3) is 0 Å². The first kappa shape index (κ1) is 17.6. The molecule has 2 rings (SSSR count). The maximum absolute atomic E-state index is 13.6. The Morgan fingerprint density at radius 1 is 1.13 bits per heavy atom. The van der Waals surface area contributed by atoms with E-state index in [1.807, 2.05) is 6.07 Å². The third-order valence-electron chi connectivity index (χ3n) is 3.37. The zero-order valence-electron chi connectivity index (χ0n) is 13.5. The first-order valence-corrected chi connectivity index (χ1v) is 7.85. The third kappa shape index (κ3) is 4.85. The molecule has 0 heterocycles. The van der Waals surface area contributed by atoms with Crippen LogP contribution in [0.4, 0.5) is 4.39 Å². The van der Waals surface area contributed by atoms with Crippen LogP contribution in [0.3, 0.4) is 0 Å². The zero-order valence-corrected chi connectivity index (χ0v) is 14.3. The average molecular weight is 338 g/mol. The molecule has 0 aromatic heterocycles. The predicted molar refractivity (Wildman–Crippen MR) is 90.7 cm³/mol. The van der Waals surface area contributed by atoms with Crippen molar-refractivity contribution in [2.24, 2.45) is 0 Å². The second-order valence-electron chi connectivity index (χ2n) is 5.51. The van der Waals surface area contributed by atoms with Gasteiger partial charge in [-0.2, -0.15) is 0 Å². The fourth-order valence-corrected chi connectivity index (χ4v) is 2.29. The van der Waals surface area contributed by atoms with Crippen LogP contribution in [0.2, 0.25) is 5.02 Å². The monoisotopic (exact) mass is 337 g/mol. The van der Waals surface area contributed by atoms with Crippen molar-refractivity contribution in [2.45, 2.75) is 33.0 Å². The van der Waals surface area contributed by atoms with E-state index < -0.39 is 0 Å². The van der Waals surface area contributed by atoms with E-state index in [-0.39, 0.29) is 12.4 Å². The number of hydrogen-bond donors (Lipinski definition) is 1. The van der Waals surface area contributed by atoms with E-state index in [2.05, 4.69) is 19.2 Å². The van der Waals surface area contributed by atoms with Gasteiger partial charge in [0.15, 0.2) is 11.5 Å². The van der Waals surface area contributed by atoms with Gasteiger partial charge in [0.1, 0.15) is 12.4 Å². The van der Waals surface area contributed by atoms with Gasteiger partial charge in [0.2, 0.25) is 0 Å². The van der Waals surface area contributed by atoms with Gasteiger partial charge in [-0.25, -0.2) is 4.39 Å². The summed E-state index contributed by atoms with van der Waals surface area (Å²) in [5, 5.41) is 3.89. The molecule has 0 atom stereocenters. The van der Waals surface area contributed by atoms with Crippen molar-refractivity contribution in [3.63, 3.8) is 0 Å². The van der Waals surface area contributed by atoms with Crippen LogP contribution in [0.5, 0.6) is 11.5 Å².